The largest absolute Gasteiger partial charge is 0.419 e. The molecule has 2 atom stereocenters. The summed E-state index contributed by atoms with van der Waals surface area (Å²) in [7, 11) is -4.35. The first-order valence-electron chi connectivity index (χ1n) is 14.8. The van der Waals surface area contributed by atoms with Crippen molar-refractivity contribution >= 4 is 27.0 Å². The predicted octanol–water partition coefficient (Wildman–Crippen LogP) is 6.30. The summed E-state index contributed by atoms with van der Waals surface area (Å²) in [6.07, 6.45) is -1.20. The number of fused-ring (bicyclic) bond motifs is 1. The van der Waals surface area contributed by atoms with Gasteiger partial charge in [0.25, 0.3) is 15.9 Å². The maximum Gasteiger partial charge on any atom is 0.419 e. The molecule has 5 aromatic rings. The van der Waals surface area contributed by atoms with Gasteiger partial charge in [-0.3, -0.25) is 4.90 Å². The first kappa shape index (κ1) is 31.2. The first-order chi connectivity index (χ1) is 22.2. The molecule has 4 aromatic heterocycles. The molecular weight excluding hydrogens is 645 g/mol. The fourth-order valence-corrected chi connectivity index (χ4v) is 7.84. The summed E-state index contributed by atoms with van der Waals surface area (Å²) in [4.78, 5) is 14.4. The molecule has 0 spiro atoms. The number of aromatic nitrogens is 5. The molecule has 2 aliphatic rings. The van der Waals surface area contributed by atoms with Crippen molar-refractivity contribution in [3.63, 3.8) is 0 Å². The quantitative estimate of drug-likeness (QED) is 0.199. The van der Waals surface area contributed by atoms with E-state index in [2.05, 4.69) is 25.4 Å². The van der Waals surface area contributed by atoms with Crippen LogP contribution in [0.25, 0.3) is 33.5 Å². The van der Waals surface area contributed by atoms with E-state index in [9.17, 15) is 30.4 Å². The Kier molecular flexibility index (Phi) is 7.35. The van der Waals surface area contributed by atoms with Crippen LogP contribution in [0, 0.1) is 13.8 Å². The Morgan fingerprint density at radius 3 is 2.43 bits per heavy atom. The molecule has 0 radical (unpaired) electrons. The summed E-state index contributed by atoms with van der Waals surface area (Å²) in [5.41, 5.74) is -0.672. The van der Waals surface area contributed by atoms with Crippen LogP contribution in [0.1, 0.15) is 36.3 Å². The molecular formula is C31H28F5N7O3S. The minimum Gasteiger partial charge on any atom is -0.361 e. The van der Waals surface area contributed by atoms with Gasteiger partial charge in [0.1, 0.15) is 11.3 Å². The lowest BCUT2D eigenvalue weighted by molar-refractivity contribution is -0.145. The molecule has 0 bridgehead atoms. The third kappa shape index (κ3) is 5.52. The normalized spacial score (nSPS) is 20.1. The molecule has 47 heavy (non-hydrogen) atoms. The topological polar surface area (TPSA) is 119 Å². The minimum absolute atomic E-state index is 0.0942. The van der Waals surface area contributed by atoms with Crippen molar-refractivity contribution in [2.75, 3.05) is 18.4 Å². The number of hydrogen-bond donors (Lipinski definition) is 1. The average molecular weight is 674 g/mol. The van der Waals surface area contributed by atoms with Gasteiger partial charge in [0.2, 0.25) is 5.95 Å². The van der Waals surface area contributed by atoms with Crippen LogP contribution in [0.15, 0.2) is 64.3 Å². The molecule has 1 saturated heterocycles. The van der Waals surface area contributed by atoms with Gasteiger partial charge in [-0.2, -0.15) is 13.2 Å². The van der Waals surface area contributed by atoms with Crippen molar-refractivity contribution < 1.29 is 34.9 Å². The number of rotatable bonds is 7. The number of anilines is 1. The second-order valence-corrected chi connectivity index (χ2v) is 13.7. The van der Waals surface area contributed by atoms with Crippen molar-refractivity contribution in [2.45, 2.75) is 62.2 Å². The second kappa shape index (κ2) is 11.1. The summed E-state index contributed by atoms with van der Waals surface area (Å²) in [5, 5.41) is 7.11. The lowest BCUT2D eigenvalue weighted by Gasteiger charge is -2.44. The number of likely N-dealkylation sites (tertiary alicyclic amines) is 1. The first-order valence-corrected chi connectivity index (χ1v) is 16.3. The van der Waals surface area contributed by atoms with Gasteiger partial charge in [0.15, 0.2) is 5.65 Å². The maximum absolute atomic E-state index is 14.5. The Labute approximate surface area is 265 Å². The van der Waals surface area contributed by atoms with Gasteiger partial charge in [0, 0.05) is 35.4 Å². The van der Waals surface area contributed by atoms with Gasteiger partial charge < -0.3 is 9.84 Å². The Morgan fingerprint density at radius 1 is 1.02 bits per heavy atom. The number of pyridine rings is 1. The van der Waals surface area contributed by atoms with Crippen molar-refractivity contribution in [1.82, 2.24) is 29.0 Å². The lowest BCUT2D eigenvalue weighted by Crippen LogP contribution is -2.62. The number of benzene rings is 1. The van der Waals surface area contributed by atoms with Crippen LogP contribution in [0.5, 0.6) is 0 Å². The Bertz CT molecular complexity index is 2070. The van der Waals surface area contributed by atoms with Crippen LogP contribution in [-0.4, -0.2) is 68.5 Å². The van der Waals surface area contributed by atoms with E-state index >= 15 is 0 Å². The smallest absolute Gasteiger partial charge is 0.361 e. The molecule has 1 N–H and O–H groups in total. The molecule has 16 heteroatoms. The fourth-order valence-electron chi connectivity index (χ4n) is 6.50. The van der Waals surface area contributed by atoms with Gasteiger partial charge in [-0.15, -0.1) is 0 Å². The summed E-state index contributed by atoms with van der Waals surface area (Å²) >= 11 is 0. The van der Waals surface area contributed by atoms with Crippen LogP contribution >= 0.6 is 0 Å². The maximum atomic E-state index is 14.5. The van der Waals surface area contributed by atoms with E-state index < -0.39 is 33.4 Å². The standard InChI is InChI=1S/C31H28F5N7O3S/c1-17-26(18(2)46-41-17)24-12-11-20-21(14-43(28(20)38-24)47(44,45)19-7-4-3-5-8-19)27-22(31(34,35)36)13-37-29(40-27)39-23-9-6-10-25(23)42-15-30(32,33)16-42/h3-5,7-8,11-14,23,25H,6,9-10,15-16H2,1-2H3,(H,37,39,40). The molecule has 1 aromatic carbocycles. The van der Waals surface area contributed by atoms with E-state index in [1.165, 1.54) is 30.3 Å². The average Bonchev–Trinajstić information content (AvgIpc) is 3.72. The summed E-state index contributed by atoms with van der Waals surface area (Å²) in [6.45, 7) is 2.59. The van der Waals surface area contributed by atoms with Gasteiger partial charge in [-0.25, -0.2) is 36.1 Å². The van der Waals surface area contributed by atoms with E-state index in [1.807, 2.05) is 0 Å². The molecule has 1 aliphatic carbocycles. The van der Waals surface area contributed by atoms with E-state index in [0.29, 0.717) is 41.8 Å². The third-order valence-electron chi connectivity index (χ3n) is 8.69. The van der Waals surface area contributed by atoms with Crippen LogP contribution in [0.4, 0.5) is 27.9 Å². The number of alkyl halides is 5. The van der Waals surface area contributed by atoms with Crippen LogP contribution in [0.3, 0.4) is 0 Å². The van der Waals surface area contributed by atoms with E-state index in [-0.39, 0.29) is 52.6 Å². The summed E-state index contributed by atoms with van der Waals surface area (Å²) in [6, 6.07) is 9.87. The van der Waals surface area contributed by atoms with Gasteiger partial charge in [-0.1, -0.05) is 23.4 Å². The Morgan fingerprint density at radius 2 is 1.77 bits per heavy atom. The van der Waals surface area contributed by atoms with Crippen LogP contribution in [0.2, 0.25) is 0 Å². The lowest BCUT2D eigenvalue weighted by atomic mass is 10.0. The van der Waals surface area contributed by atoms with E-state index in [4.69, 9.17) is 4.52 Å². The van der Waals surface area contributed by atoms with Gasteiger partial charge >= 0.3 is 6.18 Å². The molecule has 246 valence electrons. The molecule has 10 nitrogen and oxygen atoms in total. The molecule has 1 aliphatic heterocycles. The number of aryl methyl sites for hydroxylation is 2. The van der Waals surface area contributed by atoms with Crippen molar-refractivity contribution in [1.29, 1.82) is 0 Å². The fraction of sp³-hybridized carbons (Fsp3) is 0.355. The highest BCUT2D eigenvalue weighted by atomic mass is 32.2. The monoisotopic (exact) mass is 673 g/mol. The molecule has 5 heterocycles. The van der Waals surface area contributed by atoms with E-state index in [0.717, 1.165) is 16.6 Å². The van der Waals surface area contributed by atoms with Crippen LogP contribution in [-0.2, 0) is 16.2 Å². The van der Waals surface area contributed by atoms with Crippen molar-refractivity contribution in [3.05, 3.63) is 71.9 Å². The van der Waals surface area contributed by atoms with Crippen molar-refractivity contribution in [2.24, 2.45) is 0 Å². The zero-order valence-corrected chi connectivity index (χ0v) is 25.9. The highest BCUT2D eigenvalue weighted by molar-refractivity contribution is 7.90. The number of nitrogens with one attached hydrogen (secondary N) is 1. The summed E-state index contributed by atoms with van der Waals surface area (Å²) in [5.74, 6) is -2.47. The minimum atomic E-state index is -4.90. The third-order valence-corrected chi connectivity index (χ3v) is 10.4. The van der Waals surface area contributed by atoms with Crippen molar-refractivity contribution in [3.8, 4) is 22.5 Å². The molecule has 0 amide bonds. The zero-order valence-electron chi connectivity index (χ0n) is 25.1. The second-order valence-electron chi connectivity index (χ2n) is 11.9. The SMILES string of the molecule is Cc1noc(C)c1-c1ccc2c(-c3nc(NC4CCCC4N4CC(F)(F)C4)ncc3C(F)(F)F)cn(S(=O)(=O)c3ccccc3)c2n1. The molecule has 2 fully saturated rings. The highest BCUT2D eigenvalue weighted by Crippen LogP contribution is 2.41. The summed E-state index contributed by atoms with van der Waals surface area (Å²) < 4.78 is 105. The van der Waals surface area contributed by atoms with Gasteiger partial charge in [0.05, 0.1) is 40.6 Å². The zero-order chi connectivity index (χ0) is 33.3. The number of hydrogen-bond acceptors (Lipinski definition) is 9. The molecule has 2 unspecified atom stereocenters. The van der Waals surface area contributed by atoms with E-state index in [1.54, 1.807) is 30.9 Å². The van der Waals surface area contributed by atoms with Crippen LogP contribution < -0.4 is 5.32 Å². The molecule has 1 saturated carbocycles. The predicted molar refractivity (Wildman–Crippen MR) is 161 cm³/mol. The Hall–Kier alpha value is -4.44. The number of halogens is 5. The van der Waals surface area contributed by atoms with Gasteiger partial charge in [-0.05, 0) is 57.4 Å². The highest BCUT2D eigenvalue weighted by Gasteiger charge is 2.49. The number of nitrogens with zero attached hydrogens (tertiary/aromatic N) is 6. The molecule has 7 rings (SSSR count). The Balaban J connectivity index is 1.38.